The highest BCUT2D eigenvalue weighted by Gasteiger charge is 2.31. The lowest BCUT2D eigenvalue weighted by Crippen LogP contribution is -2.52. The third kappa shape index (κ3) is 6.55. The van der Waals surface area contributed by atoms with Crippen molar-refractivity contribution in [2.45, 2.75) is 45.9 Å². The van der Waals surface area contributed by atoms with Crippen LogP contribution in [0.5, 0.6) is 0 Å². The number of carbonyl (C=O) groups is 2. The van der Waals surface area contributed by atoms with Gasteiger partial charge in [-0.1, -0.05) is 31.5 Å². The number of ether oxygens (including phenoxy) is 2. The first kappa shape index (κ1) is 24.4. The van der Waals surface area contributed by atoms with Crippen LogP contribution in [0.15, 0.2) is 18.2 Å². The van der Waals surface area contributed by atoms with Crippen molar-refractivity contribution in [3.8, 4) is 0 Å². The fourth-order valence-corrected chi connectivity index (χ4v) is 3.80. The normalized spacial score (nSPS) is 19.2. The van der Waals surface area contributed by atoms with Crippen LogP contribution in [0, 0.1) is 11.7 Å². The number of hydrogen-bond acceptors (Lipinski definition) is 5. The van der Waals surface area contributed by atoms with E-state index in [1.54, 1.807) is 19.1 Å². The van der Waals surface area contributed by atoms with Crippen LogP contribution >= 0.6 is 11.6 Å². The van der Waals surface area contributed by atoms with Gasteiger partial charge in [-0.15, -0.1) is 0 Å². The number of benzene rings is 1. The summed E-state index contributed by atoms with van der Waals surface area (Å²) in [5.41, 5.74) is 0.341. The summed E-state index contributed by atoms with van der Waals surface area (Å²) < 4.78 is 25.2. The van der Waals surface area contributed by atoms with Crippen LogP contribution in [0.2, 0.25) is 5.02 Å². The Morgan fingerprint density at radius 2 is 2.13 bits per heavy atom. The predicted octanol–water partition coefficient (Wildman–Crippen LogP) is 3.13. The van der Waals surface area contributed by atoms with Crippen LogP contribution in [0.1, 0.15) is 39.3 Å². The average Bonchev–Trinajstić information content (AvgIpc) is 2.68. The minimum Gasteiger partial charge on any atom is -0.450 e. The van der Waals surface area contributed by atoms with Gasteiger partial charge >= 0.3 is 6.09 Å². The van der Waals surface area contributed by atoms with E-state index in [4.69, 9.17) is 21.1 Å². The molecule has 2 rings (SSSR count). The molecule has 0 bridgehead atoms. The van der Waals surface area contributed by atoms with Gasteiger partial charge in [-0.2, -0.15) is 0 Å². The van der Waals surface area contributed by atoms with Crippen molar-refractivity contribution in [2.75, 3.05) is 32.8 Å². The first-order chi connectivity index (χ1) is 14.2. The summed E-state index contributed by atoms with van der Waals surface area (Å²) in [6.45, 7) is 9.32. The number of halogens is 2. The monoisotopic (exact) mass is 443 g/mol. The van der Waals surface area contributed by atoms with E-state index < -0.39 is 24.0 Å². The highest BCUT2D eigenvalue weighted by molar-refractivity contribution is 6.31. The van der Waals surface area contributed by atoms with Gasteiger partial charge in [-0.05, 0) is 31.9 Å². The van der Waals surface area contributed by atoms with Crippen molar-refractivity contribution in [3.63, 3.8) is 0 Å². The molecule has 1 saturated heterocycles. The largest absolute Gasteiger partial charge is 0.450 e. The second kappa shape index (κ2) is 11.5. The van der Waals surface area contributed by atoms with E-state index >= 15 is 0 Å². The summed E-state index contributed by atoms with van der Waals surface area (Å²) in [5, 5.41) is 5.75. The maximum atomic E-state index is 14.7. The van der Waals surface area contributed by atoms with E-state index in [-0.39, 0.29) is 31.1 Å². The van der Waals surface area contributed by atoms with E-state index in [0.717, 1.165) is 0 Å². The molecule has 1 heterocycles. The summed E-state index contributed by atoms with van der Waals surface area (Å²) >= 11 is 6.33. The van der Waals surface area contributed by atoms with Crippen LogP contribution < -0.4 is 10.6 Å². The first-order valence-corrected chi connectivity index (χ1v) is 10.6. The van der Waals surface area contributed by atoms with Crippen LogP contribution in [-0.4, -0.2) is 61.9 Å². The zero-order valence-corrected chi connectivity index (χ0v) is 18.7. The lowest BCUT2D eigenvalue weighted by Gasteiger charge is -2.38. The average molecular weight is 444 g/mol. The van der Waals surface area contributed by atoms with Crippen molar-refractivity contribution in [2.24, 2.45) is 5.92 Å². The predicted molar refractivity (Wildman–Crippen MR) is 113 cm³/mol. The molecule has 2 N–H and O–H groups in total. The maximum Gasteiger partial charge on any atom is 0.407 e. The van der Waals surface area contributed by atoms with Gasteiger partial charge < -0.3 is 20.1 Å². The van der Waals surface area contributed by atoms with Gasteiger partial charge in [-0.3, -0.25) is 9.69 Å². The third-order valence-electron chi connectivity index (χ3n) is 5.01. The highest BCUT2D eigenvalue weighted by Crippen LogP contribution is 2.31. The van der Waals surface area contributed by atoms with E-state index in [1.165, 1.54) is 6.07 Å². The summed E-state index contributed by atoms with van der Waals surface area (Å²) in [5.74, 6) is -0.948. The molecule has 1 aliphatic rings. The van der Waals surface area contributed by atoms with Crippen molar-refractivity contribution in [3.05, 3.63) is 34.6 Å². The van der Waals surface area contributed by atoms with Crippen LogP contribution in [0.25, 0.3) is 0 Å². The molecule has 0 aliphatic carbocycles. The van der Waals surface area contributed by atoms with Gasteiger partial charge in [0.05, 0.1) is 25.4 Å². The lowest BCUT2D eigenvalue weighted by molar-refractivity contribution is -0.124. The third-order valence-corrected chi connectivity index (χ3v) is 5.34. The molecule has 1 aromatic rings. The minimum absolute atomic E-state index is 0.0172. The van der Waals surface area contributed by atoms with Gasteiger partial charge in [0.2, 0.25) is 5.91 Å². The van der Waals surface area contributed by atoms with Crippen molar-refractivity contribution in [1.82, 2.24) is 15.5 Å². The number of rotatable bonds is 8. The molecular weight excluding hydrogens is 413 g/mol. The number of morpholine rings is 1. The molecule has 1 fully saturated rings. The number of amides is 2. The van der Waals surface area contributed by atoms with Gasteiger partial charge in [0, 0.05) is 30.2 Å². The van der Waals surface area contributed by atoms with Gasteiger partial charge in [0.15, 0.2) is 0 Å². The van der Waals surface area contributed by atoms with E-state index in [9.17, 15) is 14.0 Å². The van der Waals surface area contributed by atoms with Crippen molar-refractivity contribution >= 4 is 23.6 Å². The second-order valence-corrected chi connectivity index (χ2v) is 8.07. The summed E-state index contributed by atoms with van der Waals surface area (Å²) in [7, 11) is 0. The zero-order valence-electron chi connectivity index (χ0n) is 17.9. The Kier molecular flexibility index (Phi) is 9.33. The Balaban J connectivity index is 2.19. The Morgan fingerprint density at radius 1 is 1.40 bits per heavy atom. The van der Waals surface area contributed by atoms with Crippen molar-refractivity contribution in [1.29, 1.82) is 0 Å². The highest BCUT2D eigenvalue weighted by atomic mass is 35.5. The van der Waals surface area contributed by atoms with Gasteiger partial charge in [-0.25, -0.2) is 9.18 Å². The molecule has 168 valence electrons. The number of alkyl carbamates (subject to hydrolysis) is 1. The topological polar surface area (TPSA) is 79.9 Å². The Morgan fingerprint density at radius 3 is 2.73 bits per heavy atom. The molecule has 9 heteroatoms. The Hall–Kier alpha value is -1.90. The molecule has 0 radical (unpaired) electrons. The molecule has 0 aromatic heterocycles. The quantitative estimate of drug-likeness (QED) is 0.645. The number of carbonyl (C=O) groups excluding carboxylic acids is 2. The molecule has 2 amide bonds. The van der Waals surface area contributed by atoms with Gasteiger partial charge in [0.1, 0.15) is 11.9 Å². The van der Waals surface area contributed by atoms with Crippen LogP contribution in [-0.2, 0) is 14.3 Å². The van der Waals surface area contributed by atoms with E-state index in [1.807, 2.05) is 20.8 Å². The first-order valence-electron chi connectivity index (χ1n) is 10.2. The second-order valence-electron chi connectivity index (χ2n) is 7.66. The molecule has 30 heavy (non-hydrogen) atoms. The molecule has 0 spiro atoms. The number of nitrogens with zero attached hydrogens (tertiary/aromatic N) is 1. The van der Waals surface area contributed by atoms with Crippen molar-refractivity contribution < 1.29 is 23.5 Å². The summed E-state index contributed by atoms with van der Waals surface area (Å²) in [4.78, 5) is 26.7. The molecule has 1 aliphatic heterocycles. The number of nitrogens with one attached hydrogen (secondary N) is 2. The SMILES string of the molecule is CCOC(=O)NC(C(=O)NCC(c1c(F)cccc1Cl)N1CCOC(C)C1)C(C)C. The molecule has 7 nitrogen and oxygen atoms in total. The zero-order chi connectivity index (χ0) is 22.3. The number of hydrogen-bond donors (Lipinski definition) is 2. The van der Waals surface area contributed by atoms with Crippen LogP contribution in [0.3, 0.4) is 0 Å². The molecule has 0 saturated carbocycles. The Labute approximate surface area is 182 Å². The fourth-order valence-electron chi connectivity index (χ4n) is 3.51. The maximum absolute atomic E-state index is 14.7. The lowest BCUT2D eigenvalue weighted by atomic mass is 10.0. The smallest absolute Gasteiger partial charge is 0.407 e. The standard InChI is InChI=1S/C21H31ClFN3O4/c1-5-29-21(28)25-19(13(2)3)20(27)24-11-17(26-9-10-30-14(4)12-26)18-15(22)7-6-8-16(18)23/h6-8,13-14,17,19H,5,9-12H2,1-4H3,(H,24,27)(H,25,28). The molecular formula is C21H31ClFN3O4. The minimum atomic E-state index is -0.774. The molecule has 3 atom stereocenters. The van der Waals surface area contributed by atoms with Gasteiger partial charge in [0.25, 0.3) is 0 Å². The van der Waals surface area contributed by atoms with E-state index in [0.29, 0.717) is 30.3 Å². The van der Waals surface area contributed by atoms with E-state index in [2.05, 4.69) is 15.5 Å². The Bertz CT molecular complexity index is 714. The fraction of sp³-hybridized carbons (Fsp3) is 0.619. The summed E-state index contributed by atoms with van der Waals surface area (Å²) in [6.07, 6.45) is -0.668. The molecule has 1 aromatic carbocycles. The molecule has 3 unspecified atom stereocenters. The van der Waals surface area contributed by atoms with Crippen LogP contribution in [0.4, 0.5) is 9.18 Å². The summed E-state index contributed by atoms with van der Waals surface area (Å²) in [6, 6.07) is 3.31.